The lowest BCUT2D eigenvalue weighted by molar-refractivity contribution is -0.137. The number of hydrogen-bond donors (Lipinski definition) is 2. The number of alkyl halides is 3. The number of ether oxygens (including phenoxy) is 1. The van der Waals surface area contributed by atoms with Crippen LogP contribution in [0.5, 0.6) is 5.75 Å². The Morgan fingerprint density at radius 3 is 2.40 bits per heavy atom. The van der Waals surface area contributed by atoms with Crippen LogP contribution in [0.15, 0.2) is 18.2 Å². The average Bonchev–Trinajstić information content (AvgIpc) is 3.44. The van der Waals surface area contributed by atoms with E-state index in [-0.39, 0.29) is 36.5 Å². The highest BCUT2D eigenvalue weighted by Gasteiger charge is 2.42. The van der Waals surface area contributed by atoms with Crippen LogP contribution in [-0.2, 0) is 11.0 Å². The van der Waals surface area contributed by atoms with Crippen molar-refractivity contribution in [2.45, 2.75) is 44.8 Å². The van der Waals surface area contributed by atoms with Crippen LogP contribution in [0, 0.1) is 11.8 Å². The second-order valence-electron chi connectivity index (χ2n) is 6.76. The van der Waals surface area contributed by atoms with Gasteiger partial charge in [-0.2, -0.15) is 13.2 Å². The van der Waals surface area contributed by atoms with Crippen LogP contribution in [0.1, 0.15) is 38.2 Å². The number of carbonyl (C=O) groups excluding carboxylic acids is 1. The van der Waals surface area contributed by atoms with Crippen molar-refractivity contribution < 1.29 is 22.7 Å². The molecule has 2 aliphatic rings. The second-order valence-corrected chi connectivity index (χ2v) is 6.76. The summed E-state index contributed by atoms with van der Waals surface area (Å²) in [6.45, 7) is 1.82. The zero-order chi connectivity index (χ0) is 18.0. The minimum absolute atomic E-state index is 0.111. The Balaban J connectivity index is 1.62. The van der Waals surface area contributed by atoms with Crippen LogP contribution in [0.2, 0.25) is 0 Å². The molecule has 2 fully saturated rings. The van der Waals surface area contributed by atoms with Crippen LogP contribution in [0.25, 0.3) is 0 Å². The summed E-state index contributed by atoms with van der Waals surface area (Å²) in [5.41, 5.74) is -0.937. The summed E-state index contributed by atoms with van der Waals surface area (Å²) in [6, 6.07) is 3.93. The first-order chi connectivity index (χ1) is 11.9. The molecule has 7 heteroatoms. The molecule has 0 aromatic heterocycles. The van der Waals surface area contributed by atoms with Crippen molar-refractivity contribution in [1.29, 1.82) is 0 Å². The number of hydrogen-bond acceptors (Lipinski definition) is 3. The highest BCUT2D eigenvalue weighted by molar-refractivity contribution is 5.81. The normalized spacial score (nSPS) is 17.5. The van der Waals surface area contributed by atoms with Gasteiger partial charge in [0.15, 0.2) is 0 Å². The molecule has 0 unspecified atom stereocenters. The van der Waals surface area contributed by atoms with E-state index in [1.165, 1.54) is 12.1 Å². The number of anilines is 1. The lowest BCUT2D eigenvalue weighted by Crippen LogP contribution is -2.41. The number of amides is 1. The van der Waals surface area contributed by atoms with E-state index in [1.54, 1.807) is 6.92 Å². The smallest absolute Gasteiger partial charge is 0.418 e. The van der Waals surface area contributed by atoms with E-state index in [4.69, 9.17) is 4.74 Å². The summed E-state index contributed by atoms with van der Waals surface area (Å²) < 4.78 is 44.8. The van der Waals surface area contributed by atoms with Crippen molar-refractivity contribution >= 4 is 11.6 Å². The Bertz CT molecular complexity index is 613. The van der Waals surface area contributed by atoms with Crippen molar-refractivity contribution in [2.75, 3.05) is 18.5 Å². The van der Waals surface area contributed by atoms with E-state index in [0.717, 1.165) is 31.7 Å². The molecule has 0 aliphatic heterocycles. The topological polar surface area (TPSA) is 50.4 Å². The summed E-state index contributed by atoms with van der Waals surface area (Å²) in [7, 11) is 0. The maximum atomic E-state index is 13.2. The Kier molecular flexibility index (Phi) is 5.11. The summed E-state index contributed by atoms with van der Waals surface area (Å²) in [5, 5.41) is 5.62. The van der Waals surface area contributed by atoms with Gasteiger partial charge in [-0.05, 0) is 62.6 Å². The molecule has 1 aromatic rings. The van der Waals surface area contributed by atoms with Gasteiger partial charge in [-0.3, -0.25) is 4.79 Å². The van der Waals surface area contributed by atoms with Gasteiger partial charge in [0.05, 0.1) is 18.7 Å². The average molecular weight is 356 g/mol. The zero-order valence-corrected chi connectivity index (χ0v) is 14.2. The van der Waals surface area contributed by atoms with E-state index in [0.29, 0.717) is 11.8 Å². The van der Waals surface area contributed by atoms with Gasteiger partial charge in [0.25, 0.3) is 0 Å². The number of rotatable bonds is 8. The SMILES string of the molecule is CCOc1ccc(NCC(=O)NC(C2CC2)C2CC2)c(C(F)(F)F)c1. The van der Waals surface area contributed by atoms with E-state index in [2.05, 4.69) is 10.6 Å². The fraction of sp³-hybridized carbons (Fsp3) is 0.611. The molecule has 2 aliphatic carbocycles. The quantitative estimate of drug-likeness (QED) is 0.744. The largest absolute Gasteiger partial charge is 0.494 e. The molecule has 1 amide bonds. The fourth-order valence-corrected chi connectivity index (χ4v) is 3.11. The molecule has 4 nitrogen and oxygen atoms in total. The molecule has 138 valence electrons. The molecule has 1 aromatic carbocycles. The third kappa shape index (κ3) is 4.80. The van der Waals surface area contributed by atoms with Crippen LogP contribution in [0.3, 0.4) is 0 Å². The highest BCUT2D eigenvalue weighted by Crippen LogP contribution is 2.44. The van der Waals surface area contributed by atoms with Crippen LogP contribution < -0.4 is 15.4 Å². The molecule has 0 bridgehead atoms. The molecule has 25 heavy (non-hydrogen) atoms. The van der Waals surface area contributed by atoms with Crippen LogP contribution in [0.4, 0.5) is 18.9 Å². The lowest BCUT2D eigenvalue weighted by Gasteiger charge is -2.19. The maximum absolute atomic E-state index is 13.2. The van der Waals surface area contributed by atoms with Crippen molar-refractivity contribution in [3.8, 4) is 5.75 Å². The Morgan fingerprint density at radius 1 is 1.24 bits per heavy atom. The third-order valence-corrected chi connectivity index (χ3v) is 4.63. The minimum Gasteiger partial charge on any atom is -0.494 e. The molecule has 3 rings (SSSR count). The van der Waals surface area contributed by atoms with Gasteiger partial charge >= 0.3 is 6.18 Å². The van der Waals surface area contributed by atoms with Gasteiger partial charge in [0.1, 0.15) is 5.75 Å². The molecule has 2 saturated carbocycles. The molecule has 0 atom stereocenters. The molecule has 2 N–H and O–H groups in total. The van der Waals surface area contributed by atoms with E-state index >= 15 is 0 Å². The lowest BCUT2D eigenvalue weighted by atomic mass is 10.1. The van der Waals surface area contributed by atoms with E-state index in [1.807, 2.05) is 0 Å². The number of carbonyl (C=O) groups is 1. The fourth-order valence-electron chi connectivity index (χ4n) is 3.11. The molecule has 0 saturated heterocycles. The molecule has 0 spiro atoms. The first kappa shape index (κ1) is 17.9. The number of nitrogens with one attached hydrogen (secondary N) is 2. The van der Waals surface area contributed by atoms with Crippen molar-refractivity contribution in [1.82, 2.24) is 5.32 Å². The third-order valence-electron chi connectivity index (χ3n) is 4.63. The van der Waals surface area contributed by atoms with Crippen molar-refractivity contribution in [2.24, 2.45) is 11.8 Å². The highest BCUT2D eigenvalue weighted by atomic mass is 19.4. The first-order valence-corrected chi connectivity index (χ1v) is 8.75. The van der Waals surface area contributed by atoms with Gasteiger partial charge < -0.3 is 15.4 Å². The predicted molar refractivity (Wildman–Crippen MR) is 88.5 cm³/mol. The monoisotopic (exact) mass is 356 g/mol. The summed E-state index contributed by atoms with van der Waals surface area (Å²) >= 11 is 0. The Hall–Kier alpha value is -1.92. The number of halogens is 3. The van der Waals surface area contributed by atoms with Crippen molar-refractivity contribution in [3.63, 3.8) is 0 Å². The Morgan fingerprint density at radius 2 is 1.88 bits per heavy atom. The van der Waals surface area contributed by atoms with Crippen molar-refractivity contribution in [3.05, 3.63) is 23.8 Å². The molecular weight excluding hydrogens is 333 g/mol. The number of benzene rings is 1. The van der Waals surface area contributed by atoms with E-state index in [9.17, 15) is 18.0 Å². The van der Waals surface area contributed by atoms with Crippen LogP contribution >= 0.6 is 0 Å². The van der Waals surface area contributed by atoms with Gasteiger partial charge in [0.2, 0.25) is 5.91 Å². The van der Waals surface area contributed by atoms with Gasteiger partial charge in [-0.15, -0.1) is 0 Å². The van der Waals surface area contributed by atoms with Gasteiger partial charge in [-0.1, -0.05) is 0 Å². The van der Waals surface area contributed by atoms with E-state index < -0.39 is 11.7 Å². The summed E-state index contributed by atoms with van der Waals surface area (Å²) in [5.74, 6) is 0.999. The summed E-state index contributed by atoms with van der Waals surface area (Å²) in [6.07, 6.45) is 0.00638. The molecule has 0 radical (unpaired) electrons. The second kappa shape index (κ2) is 7.14. The molecular formula is C18H23F3N2O2. The standard InChI is InChI=1S/C18H23F3N2O2/c1-2-25-13-7-8-15(14(9-13)18(19,20)21)22-10-16(24)23-17(11-3-4-11)12-5-6-12/h7-9,11-12,17,22H,2-6,10H2,1H3,(H,23,24). The summed E-state index contributed by atoms with van der Waals surface area (Å²) in [4.78, 5) is 12.1. The van der Waals surface area contributed by atoms with Gasteiger partial charge in [-0.25, -0.2) is 0 Å². The van der Waals surface area contributed by atoms with Crippen LogP contribution in [-0.4, -0.2) is 25.1 Å². The first-order valence-electron chi connectivity index (χ1n) is 8.75. The molecule has 0 heterocycles. The van der Waals surface area contributed by atoms with Gasteiger partial charge in [0, 0.05) is 11.7 Å². The predicted octanol–water partition coefficient (Wildman–Crippen LogP) is 3.82. The minimum atomic E-state index is -4.52. The maximum Gasteiger partial charge on any atom is 0.418 e. The Labute approximate surface area is 145 Å². The zero-order valence-electron chi connectivity index (χ0n) is 14.2.